The first-order chi connectivity index (χ1) is 16.7. The van der Waals surface area contributed by atoms with Gasteiger partial charge in [0.15, 0.2) is 11.6 Å². The molecule has 178 valence electrons. The van der Waals surface area contributed by atoms with E-state index in [1.807, 2.05) is 0 Å². The van der Waals surface area contributed by atoms with E-state index in [2.05, 4.69) is 5.32 Å². The summed E-state index contributed by atoms with van der Waals surface area (Å²) < 4.78 is 5.30. The number of fused-ring (bicyclic) bond motifs is 2. The molecule has 0 aliphatic heterocycles. The Kier molecular flexibility index (Phi) is 5.98. The smallest absolute Gasteiger partial charge is 0.254 e. The highest BCUT2D eigenvalue weighted by atomic mass is 16.5. The first-order valence-corrected chi connectivity index (χ1v) is 10.6. The van der Waals surface area contributed by atoms with Crippen molar-refractivity contribution in [2.75, 3.05) is 25.1 Å². The molecule has 1 aliphatic rings. The first kappa shape index (κ1) is 23.5. The van der Waals surface area contributed by atoms with Crippen molar-refractivity contribution in [3.63, 3.8) is 0 Å². The van der Waals surface area contributed by atoms with Crippen LogP contribution in [-0.2, 0) is 0 Å². The second-order valence-corrected chi connectivity index (χ2v) is 7.95. The maximum absolute atomic E-state index is 13.2. The van der Waals surface area contributed by atoms with Gasteiger partial charge < -0.3 is 33.0 Å². The molecule has 0 saturated heterocycles. The summed E-state index contributed by atoms with van der Waals surface area (Å²) in [4.78, 5) is 51.9. The monoisotopic (exact) mass is 473 g/mol. The lowest BCUT2D eigenvalue weighted by molar-refractivity contribution is 0.0933. The van der Waals surface area contributed by atoms with E-state index in [1.54, 1.807) is 36.4 Å². The number of nitrogens with one attached hydrogen (secondary N) is 1. The number of ether oxygens (including phenoxy) is 1. The van der Waals surface area contributed by atoms with E-state index in [4.69, 9.17) is 27.7 Å². The number of methoxy groups -OCH3 is 1. The van der Waals surface area contributed by atoms with Crippen LogP contribution in [0.1, 0.15) is 64.2 Å². The first-order valence-electron chi connectivity index (χ1n) is 10.6. The fraction of sp³-hybridized carbons (Fsp3) is 0.120. The molecule has 0 fully saturated rings. The van der Waals surface area contributed by atoms with Crippen molar-refractivity contribution in [3.05, 3.63) is 87.5 Å². The van der Waals surface area contributed by atoms with Gasteiger partial charge in [-0.25, -0.2) is 0 Å². The van der Waals surface area contributed by atoms with Gasteiger partial charge in [0.25, 0.3) is 11.8 Å². The minimum atomic E-state index is -1.07. The summed E-state index contributed by atoms with van der Waals surface area (Å²) in [7, 11) is 1.50. The molecule has 1 unspecified atom stereocenters. The number of para-hydroxylation sites is 1. The summed E-state index contributed by atoms with van der Waals surface area (Å²) in [5, 5.41) is 2.60. The van der Waals surface area contributed by atoms with Gasteiger partial charge >= 0.3 is 0 Å². The highest BCUT2D eigenvalue weighted by Gasteiger charge is 2.38. The molecule has 9 N–H and O–H groups in total. The molecule has 1 aliphatic carbocycles. The predicted molar refractivity (Wildman–Crippen MR) is 129 cm³/mol. The summed E-state index contributed by atoms with van der Waals surface area (Å²) in [6.07, 6.45) is 0. The summed E-state index contributed by atoms with van der Waals surface area (Å²) in [5.41, 5.74) is 23.0. The van der Waals surface area contributed by atoms with Crippen LogP contribution in [0.25, 0.3) is 0 Å². The third kappa shape index (κ3) is 3.75. The summed E-state index contributed by atoms with van der Waals surface area (Å²) in [6.45, 7) is -0.0659. The lowest BCUT2D eigenvalue weighted by atomic mass is 9.79. The number of nitrogens with two attached hydrogens (primary N) is 4. The quantitative estimate of drug-likeness (QED) is 0.257. The van der Waals surface area contributed by atoms with E-state index in [-0.39, 0.29) is 45.7 Å². The Morgan fingerprint density at radius 2 is 1.40 bits per heavy atom. The largest absolute Gasteiger partial charge is 0.496 e. The number of hydrogen-bond acceptors (Lipinski definition) is 8. The van der Waals surface area contributed by atoms with Crippen molar-refractivity contribution in [3.8, 4) is 5.75 Å². The number of primary amides is 1. The molecular formula is C25H23N5O5. The van der Waals surface area contributed by atoms with Gasteiger partial charge in [-0.05, 0) is 6.07 Å². The van der Waals surface area contributed by atoms with E-state index >= 15 is 0 Å². The number of amides is 2. The van der Waals surface area contributed by atoms with Crippen LogP contribution < -0.4 is 33.0 Å². The number of anilines is 2. The molecular weight excluding hydrogens is 450 g/mol. The van der Waals surface area contributed by atoms with Crippen molar-refractivity contribution in [1.29, 1.82) is 0 Å². The van der Waals surface area contributed by atoms with Crippen LogP contribution in [0.4, 0.5) is 11.4 Å². The van der Waals surface area contributed by atoms with Crippen molar-refractivity contribution in [1.82, 2.24) is 5.32 Å². The minimum absolute atomic E-state index is 0.0659. The van der Waals surface area contributed by atoms with Crippen molar-refractivity contribution < 1.29 is 23.9 Å². The van der Waals surface area contributed by atoms with Gasteiger partial charge in [0.05, 0.1) is 46.8 Å². The Morgan fingerprint density at radius 1 is 0.886 bits per heavy atom. The van der Waals surface area contributed by atoms with Crippen LogP contribution >= 0.6 is 0 Å². The number of nitrogen functional groups attached to an aromatic ring is 2. The van der Waals surface area contributed by atoms with Gasteiger partial charge in [0.2, 0.25) is 0 Å². The van der Waals surface area contributed by atoms with E-state index < -0.39 is 35.0 Å². The van der Waals surface area contributed by atoms with Gasteiger partial charge in [-0.3, -0.25) is 19.2 Å². The van der Waals surface area contributed by atoms with E-state index in [1.165, 1.54) is 19.2 Å². The summed E-state index contributed by atoms with van der Waals surface area (Å²) in [5.74, 6) is -2.54. The fourth-order valence-corrected chi connectivity index (χ4v) is 4.27. The molecule has 3 aromatic carbocycles. The average Bonchev–Trinajstić information content (AvgIpc) is 2.86. The maximum Gasteiger partial charge on any atom is 0.254 e. The topological polar surface area (TPSA) is 194 Å². The van der Waals surface area contributed by atoms with Gasteiger partial charge in [-0.2, -0.15) is 0 Å². The second kappa shape index (κ2) is 8.92. The van der Waals surface area contributed by atoms with Crippen LogP contribution in [0, 0.1) is 0 Å². The SMILES string of the molecule is COc1ccccc1C(N)CNC(=O)c1c(N)c2c(c(N)c1C(N)=O)C(=O)c1ccccc1C2=O. The fourth-order valence-electron chi connectivity index (χ4n) is 4.27. The highest BCUT2D eigenvalue weighted by Crippen LogP contribution is 2.39. The molecule has 1 atom stereocenters. The lowest BCUT2D eigenvalue weighted by Crippen LogP contribution is -2.36. The van der Waals surface area contributed by atoms with Gasteiger partial charge in [0.1, 0.15) is 5.75 Å². The second-order valence-electron chi connectivity index (χ2n) is 7.95. The Balaban J connectivity index is 1.77. The van der Waals surface area contributed by atoms with Crippen molar-refractivity contribution in [2.45, 2.75) is 6.04 Å². The molecule has 0 spiro atoms. The molecule has 0 aromatic heterocycles. The number of carbonyl (C=O) groups excluding carboxylic acids is 4. The van der Waals surface area contributed by atoms with Crippen LogP contribution in [0.2, 0.25) is 0 Å². The van der Waals surface area contributed by atoms with Crippen LogP contribution in [0.3, 0.4) is 0 Å². The maximum atomic E-state index is 13.2. The van der Waals surface area contributed by atoms with Crippen molar-refractivity contribution >= 4 is 34.8 Å². The van der Waals surface area contributed by atoms with Crippen LogP contribution in [0.15, 0.2) is 48.5 Å². The lowest BCUT2D eigenvalue weighted by Gasteiger charge is -2.24. The zero-order chi connectivity index (χ0) is 25.4. The number of hydrogen-bond donors (Lipinski definition) is 5. The van der Waals surface area contributed by atoms with Crippen LogP contribution in [-0.4, -0.2) is 37.0 Å². The van der Waals surface area contributed by atoms with Gasteiger partial charge in [0, 0.05) is 23.2 Å². The number of benzene rings is 3. The third-order valence-corrected chi connectivity index (χ3v) is 5.94. The van der Waals surface area contributed by atoms with Crippen molar-refractivity contribution in [2.24, 2.45) is 11.5 Å². The van der Waals surface area contributed by atoms with Gasteiger partial charge in [-0.1, -0.05) is 42.5 Å². The Labute approximate surface area is 200 Å². The summed E-state index contributed by atoms with van der Waals surface area (Å²) in [6, 6.07) is 12.5. The molecule has 0 bridgehead atoms. The van der Waals surface area contributed by atoms with E-state index in [0.717, 1.165) is 0 Å². The molecule has 0 radical (unpaired) electrons. The van der Waals surface area contributed by atoms with E-state index in [0.29, 0.717) is 11.3 Å². The summed E-state index contributed by atoms with van der Waals surface area (Å²) >= 11 is 0. The third-order valence-electron chi connectivity index (χ3n) is 5.94. The molecule has 3 aromatic rings. The molecule has 0 saturated carbocycles. The number of rotatable bonds is 6. The molecule has 35 heavy (non-hydrogen) atoms. The van der Waals surface area contributed by atoms with Crippen LogP contribution in [0.5, 0.6) is 5.75 Å². The molecule has 10 nitrogen and oxygen atoms in total. The Hall–Kier alpha value is -4.70. The molecule has 10 heteroatoms. The van der Waals surface area contributed by atoms with Gasteiger partial charge in [-0.15, -0.1) is 0 Å². The minimum Gasteiger partial charge on any atom is -0.496 e. The van der Waals surface area contributed by atoms with E-state index in [9.17, 15) is 19.2 Å². The number of carbonyl (C=O) groups is 4. The predicted octanol–water partition coefficient (Wildman–Crippen LogP) is 1.16. The zero-order valence-electron chi connectivity index (χ0n) is 18.8. The highest BCUT2D eigenvalue weighted by molar-refractivity contribution is 6.34. The Morgan fingerprint density at radius 3 is 1.94 bits per heavy atom. The average molecular weight is 473 g/mol. The zero-order valence-corrected chi connectivity index (χ0v) is 18.8. The molecule has 0 heterocycles. The standard InChI is InChI=1S/C25H23N5O5/c1-35-15-9-5-4-8-13(15)14(26)10-30-25(34)19-18(24(29)33)20(27)16-17(21(19)28)23(32)12-7-3-2-6-11(12)22(16)31/h2-9,14H,10,26-28H2,1H3,(H2,29,33)(H,30,34). The normalized spacial score (nSPS) is 13.0. The molecule has 4 rings (SSSR count). The number of ketones is 2. The molecule has 2 amide bonds. The Bertz CT molecular complexity index is 1420.